The Kier molecular flexibility index (Phi) is 7.37. The van der Waals surface area contributed by atoms with E-state index in [9.17, 15) is 14.7 Å². The monoisotopic (exact) mass is 417 g/mol. The topological polar surface area (TPSA) is 100 Å². The van der Waals surface area contributed by atoms with Gasteiger partial charge in [-0.25, -0.2) is 5.43 Å². The van der Waals surface area contributed by atoms with Crippen LogP contribution < -0.4 is 20.0 Å². The number of hydrogen-bond acceptors (Lipinski definition) is 6. The van der Waals surface area contributed by atoms with Crippen molar-refractivity contribution in [3.8, 4) is 22.6 Å². The largest absolute Gasteiger partial charge is 0.546 e. The third-order valence-electron chi connectivity index (χ3n) is 4.29. The average molecular weight is 417 g/mol. The highest BCUT2D eigenvalue weighted by molar-refractivity contribution is 5.99. The first kappa shape index (κ1) is 21.6. The van der Waals surface area contributed by atoms with Gasteiger partial charge in [0, 0.05) is 5.56 Å². The number of benzene rings is 3. The highest BCUT2D eigenvalue weighted by Gasteiger charge is 2.05. The zero-order valence-electron chi connectivity index (χ0n) is 16.9. The summed E-state index contributed by atoms with van der Waals surface area (Å²) < 4.78 is 10.6. The van der Waals surface area contributed by atoms with Crippen LogP contribution in [-0.4, -0.2) is 30.8 Å². The van der Waals surface area contributed by atoms with E-state index < -0.39 is 18.5 Å². The number of nitrogens with zero attached hydrogens (tertiary/aromatic N) is 1. The Bertz CT molecular complexity index is 1060. The van der Waals surface area contributed by atoms with Crippen LogP contribution in [0.1, 0.15) is 12.5 Å². The molecule has 0 aliphatic rings. The van der Waals surface area contributed by atoms with Crippen LogP contribution in [0, 0.1) is 0 Å². The fourth-order valence-corrected chi connectivity index (χ4v) is 2.72. The van der Waals surface area contributed by atoms with Crippen LogP contribution in [0.3, 0.4) is 0 Å². The van der Waals surface area contributed by atoms with E-state index in [0.29, 0.717) is 22.8 Å². The van der Waals surface area contributed by atoms with Crippen molar-refractivity contribution in [2.75, 3.05) is 13.2 Å². The van der Waals surface area contributed by atoms with Crippen molar-refractivity contribution in [3.05, 3.63) is 84.4 Å². The van der Waals surface area contributed by atoms with Gasteiger partial charge >= 0.3 is 0 Å². The maximum atomic E-state index is 12.0. The SMILES string of the molecule is C/C(=N/NC(=O)COc1ccc(-c2ccccc2)cc1)c1cccc(OCC(=O)[O-])c1. The summed E-state index contributed by atoms with van der Waals surface area (Å²) in [5.74, 6) is -0.772. The minimum Gasteiger partial charge on any atom is -0.546 e. The van der Waals surface area contributed by atoms with E-state index in [-0.39, 0.29) is 6.61 Å². The smallest absolute Gasteiger partial charge is 0.277 e. The van der Waals surface area contributed by atoms with Crippen LogP contribution in [0.5, 0.6) is 11.5 Å². The number of carboxylic acid groups (broad SMARTS) is 1. The minimum atomic E-state index is -1.31. The van der Waals surface area contributed by atoms with E-state index in [2.05, 4.69) is 10.5 Å². The van der Waals surface area contributed by atoms with Crippen LogP contribution in [0.25, 0.3) is 11.1 Å². The molecule has 0 aromatic heterocycles. The van der Waals surface area contributed by atoms with Gasteiger partial charge in [-0.15, -0.1) is 0 Å². The van der Waals surface area contributed by atoms with Gasteiger partial charge in [0.05, 0.1) is 11.7 Å². The van der Waals surface area contributed by atoms with Gasteiger partial charge < -0.3 is 19.4 Å². The molecule has 0 aliphatic heterocycles. The Morgan fingerprint density at radius 1 is 0.839 bits per heavy atom. The summed E-state index contributed by atoms with van der Waals surface area (Å²) in [4.78, 5) is 22.5. The molecule has 0 spiro atoms. The molecule has 0 fully saturated rings. The molecule has 0 aliphatic carbocycles. The highest BCUT2D eigenvalue weighted by atomic mass is 16.5. The van der Waals surface area contributed by atoms with Crippen LogP contribution >= 0.6 is 0 Å². The second kappa shape index (κ2) is 10.6. The van der Waals surface area contributed by atoms with Crippen LogP contribution in [0.15, 0.2) is 84.0 Å². The van der Waals surface area contributed by atoms with Crippen LogP contribution in [0.4, 0.5) is 0 Å². The molecule has 0 saturated heterocycles. The molecule has 0 bridgehead atoms. The van der Waals surface area contributed by atoms with Gasteiger partial charge in [0.1, 0.15) is 18.1 Å². The zero-order chi connectivity index (χ0) is 22.1. The molecule has 3 aromatic carbocycles. The summed E-state index contributed by atoms with van der Waals surface area (Å²) in [5, 5.41) is 14.5. The lowest BCUT2D eigenvalue weighted by atomic mass is 10.1. The molecule has 7 nitrogen and oxygen atoms in total. The first-order valence-corrected chi connectivity index (χ1v) is 9.56. The number of nitrogens with one attached hydrogen (secondary N) is 1. The second-order valence-corrected chi connectivity index (χ2v) is 6.60. The van der Waals surface area contributed by atoms with E-state index in [0.717, 1.165) is 11.1 Å². The van der Waals surface area contributed by atoms with Crippen molar-refractivity contribution in [2.45, 2.75) is 6.92 Å². The molecule has 0 atom stereocenters. The van der Waals surface area contributed by atoms with Crippen molar-refractivity contribution < 1.29 is 24.2 Å². The van der Waals surface area contributed by atoms with Crippen LogP contribution in [0.2, 0.25) is 0 Å². The Labute approximate surface area is 179 Å². The molecule has 3 aromatic rings. The first-order valence-electron chi connectivity index (χ1n) is 9.56. The summed E-state index contributed by atoms with van der Waals surface area (Å²) >= 11 is 0. The molecule has 1 N–H and O–H groups in total. The molecular weight excluding hydrogens is 396 g/mol. The van der Waals surface area contributed by atoms with E-state index in [4.69, 9.17) is 9.47 Å². The lowest BCUT2D eigenvalue weighted by Gasteiger charge is -2.09. The number of carbonyl (C=O) groups excluding carboxylic acids is 2. The number of hydrogen-bond donors (Lipinski definition) is 1. The fourth-order valence-electron chi connectivity index (χ4n) is 2.72. The number of hydrazone groups is 1. The van der Waals surface area contributed by atoms with Gasteiger partial charge in [0.25, 0.3) is 5.91 Å². The minimum absolute atomic E-state index is 0.184. The quantitative estimate of drug-likeness (QED) is 0.426. The standard InChI is InChI=1S/C24H22N2O5/c1-17(20-8-5-9-22(14-20)31-16-24(28)29)25-26-23(27)15-30-21-12-10-19(11-13-21)18-6-3-2-4-7-18/h2-14H,15-16H2,1H3,(H,26,27)(H,28,29)/p-1/b25-17-. The van der Waals surface area contributed by atoms with E-state index in [1.807, 2.05) is 54.6 Å². The zero-order valence-corrected chi connectivity index (χ0v) is 16.9. The number of carbonyl (C=O) groups is 2. The maximum Gasteiger partial charge on any atom is 0.277 e. The number of amides is 1. The second-order valence-electron chi connectivity index (χ2n) is 6.60. The lowest BCUT2D eigenvalue weighted by molar-refractivity contribution is -0.307. The number of rotatable bonds is 9. The average Bonchev–Trinajstić information content (AvgIpc) is 2.81. The predicted octanol–water partition coefficient (Wildman–Crippen LogP) is 2.40. The normalized spacial score (nSPS) is 10.9. The van der Waals surface area contributed by atoms with Crippen molar-refractivity contribution in [1.29, 1.82) is 0 Å². The van der Waals surface area contributed by atoms with Crippen molar-refractivity contribution in [1.82, 2.24) is 5.43 Å². The van der Waals surface area contributed by atoms with Gasteiger partial charge in [-0.3, -0.25) is 4.79 Å². The third kappa shape index (κ3) is 6.71. The van der Waals surface area contributed by atoms with Gasteiger partial charge in [-0.05, 0) is 42.3 Å². The molecular formula is C24H21N2O5-. The summed E-state index contributed by atoms with van der Waals surface area (Å²) in [6, 6.07) is 24.1. The summed E-state index contributed by atoms with van der Waals surface area (Å²) in [6.45, 7) is 0.984. The van der Waals surface area contributed by atoms with Gasteiger partial charge in [-0.1, -0.05) is 54.6 Å². The van der Waals surface area contributed by atoms with E-state index in [1.54, 1.807) is 31.2 Å². The summed E-state index contributed by atoms with van der Waals surface area (Å²) in [7, 11) is 0. The van der Waals surface area contributed by atoms with Crippen molar-refractivity contribution in [3.63, 3.8) is 0 Å². The Balaban J connectivity index is 1.51. The third-order valence-corrected chi connectivity index (χ3v) is 4.29. The van der Waals surface area contributed by atoms with E-state index in [1.165, 1.54) is 0 Å². The maximum absolute atomic E-state index is 12.0. The molecule has 3 rings (SSSR count). The fraction of sp³-hybridized carbons (Fsp3) is 0.125. The number of aliphatic carboxylic acids is 1. The molecule has 0 radical (unpaired) electrons. The number of carboxylic acids is 1. The van der Waals surface area contributed by atoms with Crippen LogP contribution in [-0.2, 0) is 9.59 Å². The molecule has 7 heteroatoms. The lowest BCUT2D eigenvalue weighted by Crippen LogP contribution is -2.29. The molecule has 158 valence electrons. The van der Waals surface area contributed by atoms with Gasteiger partial charge in [0.15, 0.2) is 6.61 Å². The predicted molar refractivity (Wildman–Crippen MR) is 115 cm³/mol. The number of ether oxygens (including phenoxy) is 2. The molecule has 0 heterocycles. The highest BCUT2D eigenvalue weighted by Crippen LogP contribution is 2.22. The van der Waals surface area contributed by atoms with Crippen molar-refractivity contribution in [2.24, 2.45) is 5.10 Å². The molecule has 0 saturated carbocycles. The molecule has 31 heavy (non-hydrogen) atoms. The van der Waals surface area contributed by atoms with Gasteiger partial charge in [-0.2, -0.15) is 5.10 Å². The molecule has 1 amide bonds. The van der Waals surface area contributed by atoms with Crippen molar-refractivity contribution >= 4 is 17.6 Å². The van der Waals surface area contributed by atoms with Gasteiger partial charge in [0.2, 0.25) is 0 Å². The van der Waals surface area contributed by atoms with E-state index >= 15 is 0 Å². The summed E-state index contributed by atoms with van der Waals surface area (Å²) in [5.41, 5.74) is 5.80. The Morgan fingerprint density at radius 3 is 2.23 bits per heavy atom. The Hall–Kier alpha value is -4.13. The summed E-state index contributed by atoms with van der Waals surface area (Å²) in [6.07, 6.45) is 0. The molecule has 0 unspecified atom stereocenters. The Morgan fingerprint density at radius 2 is 1.52 bits per heavy atom. The first-order chi connectivity index (χ1) is 15.0.